The zero-order valence-corrected chi connectivity index (χ0v) is 9.19. The summed E-state index contributed by atoms with van der Waals surface area (Å²) in [5, 5.41) is 0.463. The predicted octanol–water partition coefficient (Wildman–Crippen LogP) is 2.53. The summed E-state index contributed by atoms with van der Waals surface area (Å²) < 4.78 is 0. The first-order chi connectivity index (χ1) is 7.79. The predicted molar refractivity (Wildman–Crippen MR) is 61.7 cm³/mol. The Morgan fingerprint density at radius 1 is 1.25 bits per heavy atom. The zero-order valence-electron chi connectivity index (χ0n) is 8.43. The molecule has 0 amide bonds. The minimum atomic E-state index is 0.463. The summed E-state index contributed by atoms with van der Waals surface area (Å²) in [7, 11) is 0. The average Bonchev–Trinajstić information content (AvgIpc) is 2.33. The Labute approximate surface area is 98.1 Å². The van der Waals surface area contributed by atoms with E-state index in [9.17, 15) is 4.79 Å². The summed E-state index contributed by atoms with van der Waals surface area (Å²) in [4.78, 5) is 18.8. The molecule has 0 aromatic carbocycles. The molecule has 0 radical (unpaired) electrons. The van der Waals surface area contributed by atoms with E-state index in [4.69, 9.17) is 11.6 Å². The SMILES string of the molecule is O=Cc1ncccc1Cc1ccc(Cl)nc1. The van der Waals surface area contributed by atoms with Crippen molar-refractivity contribution in [3.63, 3.8) is 0 Å². The van der Waals surface area contributed by atoms with Crippen molar-refractivity contribution in [3.05, 3.63) is 58.6 Å². The van der Waals surface area contributed by atoms with Crippen molar-refractivity contribution in [3.8, 4) is 0 Å². The third kappa shape index (κ3) is 2.44. The Kier molecular flexibility index (Phi) is 3.27. The lowest BCUT2D eigenvalue weighted by molar-refractivity contribution is 0.111. The van der Waals surface area contributed by atoms with Crippen molar-refractivity contribution >= 4 is 17.9 Å². The molecule has 0 bridgehead atoms. The Balaban J connectivity index is 2.26. The Bertz CT molecular complexity index is 497. The lowest BCUT2D eigenvalue weighted by Crippen LogP contribution is -1.97. The van der Waals surface area contributed by atoms with Crippen molar-refractivity contribution < 1.29 is 4.79 Å². The first-order valence-corrected chi connectivity index (χ1v) is 5.17. The van der Waals surface area contributed by atoms with Crippen molar-refractivity contribution in [1.29, 1.82) is 0 Å². The second-order valence-electron chi connectivity index (χ2n) is 3.33. The van der Waals surface area contributed by atoms with Crippen molar-refractivity contribution in [2.75, 3.05) is 0 Å². The third-order valence-electron chi connectivity index (χ3n) is 2.22. The van der Waals surface area contributed by atoms with Gasteiger partial charge in [-0.15, -0.1) is 0 Å². The van der Waals surface area contributed by atoms with E-state index >= 15 is 0 Å². The number of carbonyl (C=O) groups excluding carboxylic acids is 1. The Hall–Kier alpha value is -1.74. The highest BCUT2D eigenvalue weighted by Gasteiger charge is 2.03. The Morgan fingerprint density at radius 2 is 2.12 bits per heavy atom. The van der Waals surface area contributed by atoms with Crippen molar-refractivity contribution in [2.45, 2.75) is 6.42 Å². The van der Waals surface area contributed by atoms with Gasteiger partial charge in [0.15, 0.2) is 6.29 Å². The van der Waals surface area contributed by atoms with Gasteiger partial charge < -0.3 is 0 Å². The van der Waals surface area contributed by atoms with Gasteiger partial charge >= 0.3 is 0 Å². The molecule has 0 spiro atoms. The van der Waals surface area contributed by atoms with Crippen molar-refractivity contribution in [1.82, 2.24) is 9.97 Å². The standard InChI is InChI=1S/C12H9ClN2O/c13-12-4-3-9(7-15-12)6-10-2-1-5-14-11(10)8-16/h1-5,7-8H,6H2. The molecule has 0 aliphatic rings. The largest absolute Gasteiger partial charge is 0.296 e. The molecule has 0 N–H and O–H groups in total. The summed E-state index contributed by atoms with van der Waals surface area (Å²) >= 11 is 5.69. The molecular formula is C12H9ClN2O. The summed E-state index contributed by atoms with van der Waals surface area (Å²) in [5.74, 6) is 0. The number of aromatic nitrogens is 2. The smallest absolute Gasteiger partial charge is 0.168 e. The zero-order chi connectivity index (χ0) is 11.4. The van der Waals surface area contributed by atoms with E-state index < -0.39 is 0 Å². The first kappa shape index (κ1) is 10.8. The molecule has 2 heterocycles. The highest BCUT2D eigenvalue weighted by Crippen LogP contribution is 2.12. The number of aldehydes is 1. The molecule has 2 aromatic heterocycles. The number of pyridine rings is 2. The fourth-order valence-electron chi connectivity index (χ4n) is 1.44. The summed E-state index contributed by atoms with van der Waals surface area (Å²) in [6.45, 7) is 0. The van der Waals surface area contributed by atoms with Crippen LogP contribution in [0.3, 0.4) is 0 Å². The van der Waals surface area contributed by atoms with E-state index in [1.807, 2.05) is 18.2 Å². The molecular weight excluding hydrogens is 224 g/mol. The maximum absolute atomic E-state index is 10.8. The van der Waals surface area contributed by atoms with Crippen LogP contribution < -0.4 is 0 Å². The van der Waals surface area contributed by atoms with Crippen LogP contribution in [0.5, 0.6) is 0 Å². The van der Waals surface area contributed by atoms with Crippen LogP contribution in [0.2, 0.25) is 5.15 Å². The maximum atomic E-state index is 10.8. The van der Waals surface area contributed by atoms with Gasteiger partial charge in [0.1, 0.15) is 10.8 Å². The second kappa shape index (κ2) is 4.86. The van der Waals surface area contributed by atoms with Gasteiger partial charge in [0.25, 0.3) is 0 Å². The van der Waals surface area contributed by atoms with Crippen LogP contribution in [-0.4, -0.2) is 16.3 Å². The average molecular weight is 233 g/mol. The molecule has 4 heteroatoms. The van der Waals surface area contributed by atoms with Crippen LogP contribution in [0.25, 0.3) is 0 Å². The molecule has 3 nitrogen and oxygen atoms in total. The number of rotatable bonds is 3. The topological polar surface area (TPSA) is 42.9 Å². The van der Waals surface area contributed by atoms with E-state index in [-0.39, 0.29) is 0 Å². The highest BCUT2D eigenvalue weighted by atomic mass is 35.5. The normalized spacial score (nSPS) is 10.1. The van der Waals surface area contributed by atoms with E-state index in [0.29, 0.717) is 17.3 Å². The molecule has 2 rings (SSSR count). The molecule has 80 valence electrons. The second-order valence-corrected chi connectivity index (χ2v) is 3.72. The van der Waals surface area contributed by atoms with Crippen LogP contribution >= 0.6 is 11.6 Å². The molecule has 0 aliphatic carbocycles. The van der Waals surface area contributed by atoms with Gasteiger partial charge in [-0.25, -0.2) is 4.98 Å². The number of carbonyl (C=O) groups is 1. The summed E-state index contributed by atoms with van der Waals surface area (Å²) in [5.41, 5.74) is 2.36. The van der Waals surface area contributed by atoms with Gasteiger partial charge in [-0.1, -0.05) is 23.7 Å². The van der Waals surface area contributed by atoms with Crippen LogP contribution in [0.15, 0.2) is 36.7 Å². The maximum Gasteiger partial charge on any atom is 0.168 e. The van der Waals surface area contributed by atoms with E-state index in [0.717, 1.165) is 17.4 Å². The Morgan fingerprint density at radius 3 is 2.81 bits per heavy atom. The number of hydrogen-bond donors (Lipinski definition) is 0. The molecule has 16 heavy (non-hydrogen) atoms. The van der Waals surface area contributed by atoms with Gasteiger partial charge in [-0.2, -0.15) is 0 Å². The monoisotopic (exact) mass is 232 g/mol. The molecule has 0 saturated carbocycles. The molecule has 0 aliphatic heterocycles. The van der Waals surface area contributed by atoms with Crippen LogP contribution in [-0.2, 0) is 6.42 Å². The molecule has 2 aromatic rings. The van der Waals surface area contributed by atoms with Crippen LogP contribution in [0, 0.1) is 0 Å². The fraction of sp³-hybridized carbons (Fsp3) is 0.0833. The van der Waals surface area contributed by atoms with E-state index in [1.54, 1.807) is 18.5 Å². The third-order valence-corrected chi connectivity index (χ3v) is 2.44. The molecule has 0 saturated heterocycles. The van der Waals surface area contributed by atoms with Gasteiger partial charge in [0, 0.05) is 18.8 Å². The first-order valence-electron chi connectivity index (χ1n) is 4.79. The van der Waals surface area contributed by atoms with E-state index in [2.05, 4.69) is 9.97 Å². The van der Waals surface area contributed by atoms with Crippen LogP contribution in [0.1, 0.15) is 21.6 Å². The number of halogens is 1. The highest BCUT2D eigenvalue weighted by molar-refractivity contribution is 6.29. The summed E-state index contributed by atoms with van der Waals surface area (Å²) in [6, 6.07) is 7.31. The number of nitrogens with zero attached hydrogens (tertiary/aromatic N) is 2. The lowest BCUT2D eigenvalue weighted by atomic mass is 10.1. The van der Waals surface area contributed by atoms with E-state index in [1.165, 1.54) is 0 Å². The quantitative estimate of drug-likeness (QED) is 0.603. The van der Waals surface area contributed by atoms with Crippen LogP contribution in [0.4, 0.5) is 0 Å². The van der Waals surface area contributed by atoms with Gasteiger partial charge in [0.2, 0.25) is 0 Å². The number of hydrogen-bond acceptors (Lipinski definition) is 3. The summed E-state index contributed by atoms with van der Waals surface area (Å²) in [6.07, 6.45) is 4.70. The fourth-order valence-corrected chi connectivity index (χ4v) is 1.55. The minimum Gasteiger partial charge on any atom is -0.296 e. The molecule has 0 atom stereocenters. The minimum absolute atomic E-state index is 0.463. The molecule has 0 fully saturated rings. The molecule has 0 unspecified atom stereocenters. The van der Waals surface area contributed by atoms with Gasteiger partial charge in [0.05, 0.1) is 0 Å². The lowest BCUT2D eigenvalue weighted by Gasteiger charge is -2.03. The van der Waals surface area contributed by atoms with Gasteiger partial charge in [-0.3, -0.25) is 9.78 Å². The van der Waals surface area contributed by atoms with Crippen molar-refractivity contribution in [2.24, 2.45) is 0 Å². The van der Waals surface area contributed by atoms with Gasteiger partial charge in [-0.05, 0) is 23.3 Å².